The first-order chi connectivity index (χ1) is 7.06. The van der Waals surface area contributed by atoms with Crippen molar-refractivity contribution < 1.29 is 9.90 Å². The maximum Gasteiger partial charge on any atom is 0.309 e. The van der Waals surface area contributed by atoms with Gasteiger partial charge in [0.2, 0.25) is 0 Å². The fourth-order valence-electron chi connectivity index (χ4n) is 1.35. The Hall–Kier alpha value is -1.62. The van der Waals surface area contributed by atoms with E-state index in [4.69, 9.17) is 16.7 Å². The zero-order valence-corrected chi connectivity index (χ0v) is 8.69. The van der Waals surface area contributed by atoms with Crippen LogP contribution in [0.1, 0.15) is 11.4 Å². The average Bonchev–Trinajstić information content (AvgIpc) is 2.44. The van der Waals surface area contributed by atoms with Crippen molar-refractivity contribution in [2.75, 3.05) is 0 Å². The molecule has 0 aliphatic carbocycles. The normalized spacial score (nSPS) is 10.8. The molecule has 2 heterocycles. The summed E-state index contributed by atoms with van der Waals surface area (Å²) in [7, 11) is 0. The number of carbonyl (C=O) groups is 1. The topological polar surface area (TPSA) is 67.5 Å². The number of hydrogen-bond donors (Lipinski definition) is 1. The van der Waals surface area contributed by atoms with E-state index >= 15 is 0 Å². The molecule has 0 amide bonds. The van der Waals surface area contributed by atoms with Crippen molar-refractivity contribution in [1.82, 2.24) is 14.6 Å². The molecular weight excluding hydrogens is 218 g/mol. The van der Waals surface area contributed by atoms with Crippen LogP contribution in [0.25, 0.3) is 5.65 Å². The van der Waals surface area contributed by atoms with Crippen LogP contribution in [0.5, 0.6) is 0 Å². The predicted molar refractivity (Wildman–Crippen MR) is 54.1 cm³/mol. The second kappa shape index (κ2) is 3.51. The van der Waals surface area contributed by atoms with Crippen molar-refractivity contribution in [2.24, 2.45) is 0 Å². The lowest BCUT2D eigenvalue weighted by Gasteiger charge is -2.00. The van der Waals surface area contributed by atoms with Gasteiger partial charge in [0.25, 0.3) is 0 Å². The number of halogens is 1. The van der Waals surface area contributed by atoms with E-state index < -0.39 is 5.97 Å². The molecule has 15 heavy (non-hydrogen) atoms. The number of carboxylic acids is 1. The first-order valence-electron chi connectivity index (χ1n) is 4.30. The molecule has 2 aromatic rings. The molecule has 0 saturated carbocycles. The third kappa shape index (κ3) is 1.92. The van der Waals surface area contributed by atoms with E-state index in [-0.39, 0.29) is 6.42 Å². The van der Waals surface area contributed by atoms with E-state index in [2.05, 4.69) is 10.1 Å². The summed E-state index contributed by atoms with van der Waals surface area (Å²) in [6, 6.07) is 3.26. The third-order valence-electron chi connectivity index (χ3n) is 1.89. The van der Waals surface area contributed by atoms with E-state index in [0.29, 0.717) is 16.5 Å². The van der Waals surface area contributed by atoms with Gasteiger partial charge in [-0.3, -0.25) is 4.79 Å². The van der Waals surface area contributed by atoms with E-state index in [0.717, 1.165) is 5.69 Å². The largest absolute Gasteiger partial charge is 0.481 e. The molecule has 0 bridgehead atoms. The zero-order chi connectivity index (χ0) is 11.0. The fraction of sp³-hybridized carbons (Fsp3) is 0.222. The van der Waals surface area contributed by atoms with E-state index in [1.54, 1.807) is 6.07 Å². The summed E-state index contributed by atoms with van der Waals surface area (Å²) in [5.74, 6) is -0.931. The van der Waals surface area contributed by atoms with E-state index in [1.165, 1.54) is 10.6 Å². The lowest BCUT2D eigenvalue weighted by Crippen LogP contribution is -2.04. The van der Waals surface area contributed by atoms with Crippen LogP contribution in [0.15, 0.2) is 12.1 Å². The minimum Gasteiger partial charge on any atom is -0.481 e. The molecule has 1 N–H and O–H groups in total. The average molecular weight is 226 g/mol. The second-order valence-electron chi connectivity index (χ2n) is 3.20. The number of aryl methyl sites for hydroxylation is 1. The molecule has 2 rings (SSSR count). The van der Waals surface area contributed by atoms with Crippen LogP contribution in [0.3, 0.4) is 0 Å². The van der Waals surface area contributed by atoms with Gasteiger partial charge in [0.05, 0.1) is 17.8 Å². The van der Waals surface area contributed by atoms with Crippen LogP contribution >= 0.6 is 11.6 Å². The van der Waals surface area contributed by atoms with Gasteiger partial charge in [-0.15, -0.1) is 0 Å². The molecule has 0 aliphatic rings. The van der Waals surface area contributed by atoms with Gasteiger partial charge < -0.3 is 5.11 Å². The third-order valence-corrected chi connectivity index (χ3v) is 2.16. The Labute approximate surface area is 90.3 Å². The number of nitrogens with zero attached hydrogens (tertiary/aromatic N) is 3. The maximum atomic E-state index is 10.5. The smallest absolute Gasteiger partial charge is 0.309 e. The minimum absolute atomic E-state index is 0.138. The minimum atomic E-state index is -0.931. The number of carboxylic acid groups (broad SMARTS) is 1. The molecule has 0 saturated heterocycles. The quantitative estimate of drug-likeness (QED) is 0.783. The number of fused-ring (bicyclic) bond motifs is 1. The summed E-state index contributed by atoms with van der Waals surface area (Å²) >= 11 is 5.93. The van der Waals surface area contributed by atoms with Gasteiger partial charge in [0.1, 0.15) is 5.15 Å². The molecule has 5 nitrogen and oxygen atoms in total. The summed E-state index contributed by atoms with van der Waals surface area (Å²) in [5, 5.41) is 13.1. The van der Waals surface area contributed by atoms with Crippen molar-refractivity contribution >= 4 is 23.2 Å². The summed E-state index contributed by atoms with van der Waals surface area (Å²) in [6.07, 6.45) is -0.138. The van der Waals surface area contributed by atoms with Gasteiger partial charge in [-0.25, -0.2) is 9.50 Å². The van der Waals surface area contributed by atoms with Crippen molar-refractivity contribution in [2.45, 2.75) is 13.3 Å². The monoisotopic (exact) mass is 225 g/mol. The SMILES string of the molecule is Cc1cc2nc(CC(=O)O)cc(Cl)n2n1. The van der Waals surface area contributed by atoms with Gasteiger partial charge in [-0.05, 0) is 13.0 Å². The Morgan fingerprint density at radius 1 is 1.60 bits per heavy atom. The Balaban J connectivity index is 2.56. The zero-order valence-electron chi connectivity index (χ0n) is 7.94. The Kier molecular flexibility index (Phi) is 2.32. The molecular formula is C9H8ClN3O2. The van der Waals surface area contributed by atoms with Crippen LogP contribution in [-0.4, -0.2) is 25.7 Å². The van der Waals surface area contributed by atoms with Crippen LogP contribution in [0.2, 0.25) is 5.15 Å². The highest BCUT2D eigenvalue weighted by Gasteiger charge is 2.08. The molecule has 6 heteroatoms. The van der Waals surface area contributed by atoms with Gasteiger partial charge in [-0.1, -0.05) is 11.6 Å². The highest BCUT2D eigenvalue weighted by atomic mass is 35.5. The standard InChI is InChI=1S/C9H8ClN3O2/c1-5-2-8-11-6(4-9(14)15)3-7(10)13(8)12-5/h2-3H,4H2,1H3,(H,14,15). The molecule has 0 unspecified atom stereocenters. The van der Waals surface area contributed by atoms with Crippen LogP contribution < -0.4 is 0 Å². The maximum absolute atomic E-state index is 10.5. The highest BCUT2D eigenvalue weighted by molar-refractivity contribution is 6.29. The van der Waals surface area contributed by atoms with E-state index in [9.17, 15) is 4.79 Å². The first kappa shape index (κ1) is 9.92. The summed E-state index contributed by atoms with van der Waals surface area (Å²) in [6.45, 7) is 1.82. The van der Waals surface area contributed by atoms with Gasteiger partial charge >= 0.3 is 5.97 Å². The van der Waals surface area contributed by atoms with Crippen LogP contribution in [0.4, 0.5) is 0 Å². The van der Waals surface area contributed by atoms with Crippen molar-refractivity contribution in [1.29, 1.82) is 0 Å². The van der Waals surface area contributed by atoms with Crippen molar-refractivity contribution in [3.8, 4) is 0 Å². The molecule has 0 spiro atoms. The summed E-state index contributed by atoms with van der Waals surface area (Å²) < 4.78 is 1.47. The first-order valence-corrected chi connectivity index (χ1v) is 4.67. The number of rotatable bonds is 2. The van der Waals surface area contributed by atoms with Crippen molar-refractivity contribution in [3.05, 3.63) is 28.7 Å². The lowest BCUT2D eigenvalue weighted by molar-refractivity contribution is -0.136. The molecule has 2 aromatic heterocycles. The van der Waals surface area contributed by atoms with Crippen LogP contribution in [0, 0.1) is 6.92 Å². The predicted octanol–water partition coefficient (Wildman–Crippen LogP) is 1.32. The van der Waals surface area contributed by atoms with Gasteiger partial charge in [0.15, 0.2) is 5.65 Å². The second-order valence-corrected chi connectivity index (χ2v) is 3.58. The Bertz CT molecular complexity index is 535. The Morgan fingerprint density at radius 3 is 3.00 bits per heavy atom. The summed E-state index contributed by atoms with van der Waals surface area (Å²) in [4.78, 5) is 14.6. The molecule has 0 aromatic carbocycles. The lowest BCUT2D eigenvalue weighted by atomic mass is 10.3. The van der Waals surface area contributed by atoms with Crippen LogP contribution in [-0.2, 0) is 11.2 Å². The molecule has 0 radical (unpaired) electrons. The Morgan fingerprint density at radius 2 is 2.33 bits per heavy atom. The number of aliphatic carboxylic acids is 1. The van der Waals surface area contributed by atoms with E-state index in [1.807, 2.05) is 6.92 Å². The van der Waals surface area contributed by atoms with Gasteiger partial charge in [-0.2, -0.15) is 5.10 Å². The highest BCUT2D eigenvalue weighted by Crippen LogP contribution is 2.14. The molecule has 0 aliphatic heterocycles. The van der Waals surface area contributed by atoms with Crippen molar-refractivity contribution in [3.63, 3.8) is 0 Å². The molecule has 0 fully saturated rings. The fourth-order valence-corrected chi connectivity index (χ4v) is 1.60. The summed E-state index contributed by atoms with van der Waals surface area (Å²) in [5.41, 5.74) is 1.79. The molecule has 78 valence electrons. The van der Waals surface area contributed by atoms with Gasteiger partial charge in [0, 0.05) is 6.07 Å². The number of hydrogen-bond acceptors (Lipinski definition) is 3. The molecule has 0 atom stereocenters. The number of aromatic nitrogens is 3.